The molecule has 0 aliphatic carbocycles. The summed E-state index contributed by atoms with van der Waals surface area (Å²) < 4.78 is 38.9. The lowest BCUT2D eigenvalue weighted by atomic mass is 10.1. The van der Waals surface area contributed by atoms with Crippen LogP contribution < -0.4 is 5.32 Å². The van der Waals surface area contributed by atoms with Crippen LogP contribution in [0.2, 0.25) is 0 Å². The van der Waals surface area contributed by atoms with Gasteiger partial charge in [-0.1, -0.05) is 52.3 Å². The van der Waals surface area contributed by atoms with Gasteiger partial charge in [-0.15, -0.1) is 0 Å². The molecule has 1 amide bonds. The molecule has 1 N–H and O–H groups in total. The van der Waals surface area contributed by atoms with Crippen molar-refractivity contribution < 1.29 is 18.0 Å². The molecule has 122 valence electrons. The summed E-state index contributed by atoms with van der Waals surface area (Å²) in [4.78, 5) is 12.1. The number of hydrogen-bond donors (Lipinski definition) is 1. The van der Waals surface area contributed by atoms with E-state index in [0.717, 1.165) is 22.2 Å². The molecular formula is C17H15BrF3NO. The SMILES string of the molecule is C[C@H](NC(=O)Cc1cccc(C(F)(F)F)c1)c1ccccc1Br. The van der Waals surface area contributed by atoms with Crippen LogP contribution in [0.1, 0.15) is 29.7 Å². The number of rotatable bonds is 4. The van der Waals surface area contributed by atoms with Crippen molar-refractivity contribution in [2.45, 2.75) is 25.6 Å². The molecule has 2 nitrogen and oxygen atoms in total. The Kier molecular flexibility index (Phi) is 5.46. The van der Waals surface area contributed by atoms with Gasteiger partial charge in [-0.2, -0.15) is 13.2 Å². The van der Waals surface area contributed by atoms with Gasteiger partial charge < -0.3 is 5.32 Å². The van der Waals surface area contributed by atoms with Crippen LogP contribution in [0.3, 0.4) is 0 Å². The molecule has 0 spiro atoms. The number of carbonyl (C=O) groups excluding carboxylic acids is 1. The minimum Gasteiger partial charge on any atom is -0.349 e. The fourth-order valence-electron chi connectivity index (χ4n) is 2.24. The van der Waals surface area contributed by atoms with E-state index in [0.29, 0.717) is 5.56 Å². The highest BCUT2D eigenvalue weighted by Crippen LogP contribution is 2.29. The molecule has 0 heterocycles. The molecule has 0 saturated heterocycles. The second kappa shape index (κ2) is 7.17. The molecule has 0 aromatic heterocycles. The van der Waals surface area contributed by atoms with Crippen LogP contribution in [0.5, 0.6) is 0 Å². The van der Waals surface area contributed by atoms with Crippen molar-refractivity contribution in [2.75, 3.05) is 0 Å². The Bertz CT molecular complexity index is 700. The summed E-state index contributed by atoms with van der Waals surface area (Å²) in [6, 6.07) is 12.0. The fraction of sp³-hybridized carbons (Fsp3) is 0.235. The van der Waals surface area contributed by atoms with Crippen LogP contribution in [-0.4, -0.2) is 5.91 Å². The zero-order valence-corrected chi connectivity index (χ0v) is 13.9. The molecular weight excluding hydrogens is 371 g/mol. The molecule has 0 fully saturated rings. The third-order valence-corrected chi connectivity index (χ3v) is 4.09. The van der Waals surface area contributed by atoms with E-state index in [-0.39, 0.29) is 18.4 Å². The molecule has 2 aromatic carbocycles. The Morgan fingerprint density at radius 1 is 1.17 bits per heavy atom. The third kappa shape index (κ3) is 4.82. The van der Waals surface area contributed by atoms with Gasteiger partial charge in [-0.3, -0.25) is 4.79 Å². The summed E-state index contributed by atoms with van der Waals surface area (Å²) in [6.07, 6.45) is -4.51. The monoisotopic (exact) mass is 385 g/mol. The molecule has 0 radical (unpaired) electrons. The van der Waals surface area contributed by atoms with Gasteiger partial charge in [-0.25, -0.2) is 0 Å². The Hall–Kier alpha value is -1.82. The van der Waals surface area contributed by atoms with Crippen LogP contribution in [0.25, 0.3) is 0 Å². The highest BCUT2D eigenvalue weighted by Gasteiger charge is 2.30. The van der Waals surface area contributed by atoms with Gasteiger partial charge in [0.2, 0.25) is 5.91 Å². The number of hydrogen-bond acceptors (Lipinski definition) is 1. The van der Waals surface area contributed by atoms with Gasteiger partial charge in [0.25, 0.3) is 0 Å². The largest absolute Gasteiger partial charge is 0.416 e. The van der Waals surface area contributed by atoms with Crippen LogP contribution in [0.15, 0.2) is 53.0 Å². The van der Waals surface area contributed by atoms with E-state index >= 15 is 0 Å². The molecule has 23 heavy (non-hydrogen) atoms. The van der Waals surface area contributed by atoms with E-state index in [1.807, 2.05) is 31.2 Å². The Labute approximate surface area is 140 Å². The fourth-order valence-corrected chi connectivity index (χ4v) is 2.87. The normalized spacial score (nSPS) is 12.7. The molecule has 0 aliphatic heterocycles. The topological polar surface area (TPSA) is 29.1 Å². The standard InChI is InChI=1S/C17H15BrF3NO/c1-11(14-7-2-3-8-15(14)18)22-16(23)10-12-5-4-6-13(9-12)17(19,20)21/h2-9,11H,10H2,1H3,(H,22,23)/t11-/m0/s1. The van der Waals surface area contributed by atoms with Gasteiger partial charge in [0.1, 0.15) is 0 Å². The summed E-state index contributed by atoms with van der Waals surface area (Å²) in [7, 11) is 0. The van der Waals surface area contributed by atoms with Crippen molar-refractivity contribution in [1.29, 1.82) is 0 Å². The van der Waals surface area contributed by atoms with Crippen LogP contribution in [0.4, 0.5) is 13.2 Å². The number of nitrogens with one attached hydrogen (secondary N) is 1. The smallest absolute Gasteiger partial charge is 0.349 e. The molecule has 1 atom stereocenters. The van der Waals surface area contributed by atoms with E-state index < -0.39 is 11.7 Å². The average molecular weight is 386 g/mol. The van der Waals surface area contributed by atoms with Crippen molar-refractivity contribution in [3.8, 4) is 0 Å². The first kappa shape index (κ1) is 17.5. The number of halogens is 4. The summed E-state index contributed by atoms with van der Waals surface area (Å²) in [5.41, 5.74) is 0.489. The van der Waals surface area contributed by atoms with Gasteiger partial charge in [-0.05, 0) is 30.2 Å². The van der Waals surface area contributed by atoms with Gasteiger partial charge >= 0.3 is 6.18 Å². The lowest BCUT2D eigenvalue weighted by Crippen LogP contribution is -2.28. The first-order valence-electron chi connectivity index (χ1n) is 6.97. The van der Waals surface area contributed by atoms with E-state index in [1.54, 1.807) is 0 Å². The van der Waals surface area contributed by atoms with Crippen molar-refractivity contribution in [3.05, 3.63) is 69.7 Å². The second-order valence-electron chi connectivity index (χ2n) is 5.19. The lowest BCUT2D eigenvalue weighted by molar-refractivity contribution is -0.137. The number of amides is 1. The predicted molar refractivity (Wildman–Crippen MR) is 85.8 cm³/mol. The molecule has 0 unspecified atom stereocenters. The van der Waals surface area contributed by atoms with Crippen molar-refractivity contribution in [3.63, 3.8) is 0 Å². The molecule has 6 heteroatoms. The lowest BCUT2D eigenvalue weighted by Gasteiger charge is -2.16. The minimum atomic E-state index is -4.41. The molecule has 0 saturated carbocycles. The molecule has 2 rings (SSSR count). The van der Waals surface area contributed by atoms with Crippen LogP contribution >= 0.6 is 15.9 Å². The Balaban J connectivity index is 2.04. The van der Waals surface area contributed by atoms with E-state index in [2.05, 4.69) is 21.2 Å². The first-order chi connectivity index (χ1) is 10.8. The van der Waals surface area contributed by atoms with Gasteiger partial charge in [0.15, 0.2) is 0 Å². The summed E-state index contributed by atoms with van der Waals surface area (Å²) in [5.74, 6) is -0.326. The van der Waals surface area contributed by atoms with Crippen molar-refractivity contribution in [1.82, 2.24) is 5.32 Å². The molecule has 2 aromatic rings. The van der Waals surface area contributed by atoms with E-state index in [1.165, 1.54) is 12.1 Å². The number of benzene rings is 2. The zero-order chi connectivity index (χ0) is 17.0. The predicted octanol–water partition coefficient (Wildman–Crippen LogP) is 4.89. The zero-order valence-electron chi connectivity index (χ0n) is 12.3. The van der Waals surface area contributed by atoms with Crippen LogP contribution in [0, 0.1) is 0 Å². The van der Waals surface area contributed by atoms with Gasteiger partial charge in [0.05, 0.1) is 18.0 Å². The Morgan fingerprint density at radius 3 is 2.52 bits per heavy atom. The quantitative estimate of drug-likeness (QED) is 0.797. The van der Waals surface area contributed by atoms with Crippen molar-refractivity contribution in [2.24, 2.45) is 0 Å². The minimum absolute atomic E-state index is 0.0985. The Morgan fingerprint density at radius 2 is 1.87 bits per heavy atom. The maximum absolute atomic E-state index is 12.7. The highest BCUT2D eigenvalue weighted by molar-refractivity contribution is 9.10. The van der Waals surface area contributed by atoms with Gasteiger partial charge in [0, 0.05) is 4.47 Å². The van der Waals surface area contributed by atoms with Crippen LogP contribution in [-0.2, 0) is 17.4 Å². The number of alkyl halides is 3. The maximum Gasteiger partial charge on any atom is 0.416 e. The molecule has 0 aliphatic rings. The summed E-state index contributed by atoms with van der Waals surface area (Å²) in [6.45, 7) is 1.82. The number of carbonyl (C=O) groups is 1. The molecule has 0 bridgehead atoms. The highest BCUT2D eigenvalue weighted by atomic mass is 79.9. The van der Waals surface area contributed by atoms with E-state index in [4.69, 9.17) is 0 Å². The summed E-state index contributed by atoms with van der Waals surface area (Å²) >= 11 is 3.41. The first-order valence-corrected chi connectivity index (χ1v) is 7.76. The summed E-state index contributed by atoms with van der Waals surface area (Å²) in [5, 5.41) is 2.79. The third-order valence-electron chi connectivity index (χ3n) is 3.37. The second-order valence-corrected chi connectivity index (χ2v) is 6.04. The van der Waals surface area contributed by atoms with E-state index in [9.17, 15) is 18.0 Å². The van der Waals surface area contributed by atoms with Crippen molar-refractivity contribution >= 4 is 21.8 Å². The average Bonchev–Trinajstić information content (AvgIpc) is 2.46. The maximum atomic E-state index is 12.7.